The predicted molar refractivity (Wildman–Crippen MR) is 119 cm³/mol. The average molecular weight is 466 g/mol. The van der Waals surface area contributed by atoms with E-state index in [9.17, 15) is 18.3 Å². The Morgan fingerprint density at radius 1 is 1.23 bits per heavy atom. The van der Waals surface area contributed by atoms with Crippen LogP contribution < -0.4 is 5.32 Å². The van der Waals surface area contributed by atoms with Crippen molar-refractivity contribution in [1.29, 1.82) is 0 Å². The molecule has 0 spiro atoms. The zero-order valence-electron chi connectivity index (χ0n) is 17.8. The second kappa shape index (κ2) is 6.68. The van der Waals surface area contributed by atoms with Crippen molar-refractivity contribution in [2.45, 2.75) is 69.6 Å². The molecule has 4 aliphatic carbocycles. The lowest BCUT2D eigenvalue weighted by atomic mass is 9.38. The van der Waals surface area contributed by atoms with Gasteiger partial charge in [0, 0.05) is 22.5 Å². The minimum absolute atomic E-state index is 0.211. The number of nitrogens with one attached hydrogen (secondary N) is 1. The minimum Gasteiger partial charge on any atom is -0.480 e. The van der Waals surface area contributed by atoms with Crippen molar-refractivity contribution in [2.75, 3.05) is 5.75 Å². The van der Waals surface area contributed by atoms with E-state index >= 15 is 0 Å². The molecule has 2 bridgehead atoms. The molecule has 0 unspecified atom stereocenters. The number of sulfonamides is 1. The van der Waals surface area contributed by atoms with Crippen LogP contribution in [-0.4, -0.2) is 52.5 Å². The maximum atomic E-state index is 13.4. The first-order valence-corrected chi connectivity index (χ1v) is 12.8. The van der Waals surface area contributed by atoms with Crippen molar-refractivity contribution >= 4 is 33.4 Å². The van der Waals surface area contributed by atoms with Gasteiger partial charge in [-0.25, -0.2) is 13.2 Å². The number of hydrogen-bond acceptors (Lipinski definition) is 5. The molecule has 5 aliphatic rings. The highest BCUT2D eigenvalue weighted by atomic mass is 35.5. The van der Waals surface area contributed by atoms with Crippen LogP contribution in [-0.2, 0) is 21.4 Å². The van der Waals surface area contributed by atoms with Gasteiger partial charge in [0.05, 0.1) is 11.3 Å². The number of hydrogen-bond donors (Lipinski definition) is 2. The Morgan fingerprint density at radius 3 is 2.35 bits per heavy atom. The SMILES string of the molecule is CC1(C)NC(C23CC(N(Cc4ccc(Cl)cc4)S(=O)(=O)CC4CC4)(C2)C3)=N[C@H]1C(=O)O. The fourth-order valence-corrected chi connectivity index (χ4v) is 7.93. The lowest BCUT2D eigenvalue weighted by Crippen LogP contribution is -2.78. The fraction of sp³-hybridized carbons (Fsp3) is 0.636. The average Bonchev–Trinajstić information content (AvgIpc) is 3.34. The monoisotopic (exact) mass is 465 g/mol. The number of carboxylic acid groups (broad SMARTS) is 1. The zero-order chi connectivity index (χ0) is 22.2. The van der Waals surface area contributed by atoms with Crippen LogP contribution in [0.4, 0.5) is 0 Å². The molecular weight excluding hydrogens is 438 g/mol. The van der Waals surface area contributed by atoms with Gasteiger partial charge in [-0.1, -0.05) is 23.7 Å². The highest BCUT2D eigenvalue weighted by Crippen LogP contribution is 2.71. The zero-order valence-corrected chi connectivity index (χ0v) is 19.3. The van der Waals surface area contributed by atoms with Gasteiger partial charge in [0.2, 0.25) is 10.0 Å². The van der Waals surface area contributed by atoms with Gasteiger partial charge in [-0.05, 0) is 69.6 Å². The van der Waals surface area contributed by atoms with Crippen molar-refractivity contribution in [3.05, 3.63) is 34.9 Å². The first kappa shape index (κ1) is 21.2. The third-order valence-electron chi connectivity index (χ3n) is 7.37. The number of amidine groups is 1. The molecule has 0 radical (unpaired) electrons. The summed E-state index contributed by atoms with van der Waals surface area (Å²) in [6.45, 7) is 4.03. The second-order valence-corrected chi connectivity index (χ2v) is 12.8. The van der Waals surface area contributed by atoms with Gasteiger partial charge >= 0.3 is 5.97 Å². The van der Waals surface area contributed by atoms with E-state index < -0.39 is 33.1 Å². The summed E-state index contributed by atoms with van der Waals surface area (Å²) in [5.41, 5.74) is -0.353. The molecule has 4 saturated carbocycles. The number of nitrogens with zero attached hydrogens (tertiary/aromatic N) is 2. The van der Waals surface area contributed by atoms with Gasteiger partial charge in [0.1, 0.15) is 5.84 Å². The summed E-state index contributed by atoms with van der Waals surface area (Å²) in [5, 5.41) is 13.5. The van der Waals surface area contributed by atoms with Gasteiger partial charge in [-0.15, -0.1) is 0 Å². The molecule has 7 nitrogen and oxygen atoms in total. The van der Waals surface area contributed by atoms with E-state index in [0.29, 0.717) is 30.8 Å². The topological polar surface area (TPSA) is 99.1 Å². The maximum Gasteiger partial charge on any atom is 0.330 e. The molecule has 1 atom stereocenters. The summed E-state index contributed by atoms with van der Waals surface area (Å²) in [6, 6.07) is 6.52. The minimum atomic E-state index is -3.40. The van der Waals surface area contributed by atoms with Gasteiger partial charge < -0.3 is 10.4 Å². The van der Waals surface area contributed by atoms with Crippen LogP contribution in [0.3, 0.4) is 0 Å². The van der Waals surface area contributed by atoms with Crippen LogP contribution in [0.2, 0.25) is 5.02 Å². The first-order chi connectivity index (χ1) is 14.4. The maximum absolute atomic E-state index is 13.4. The van der Waals surface area contributed by atoms with Crippen molar-refractivity contribution in [3.8, 4) is 0 Å². The normalized spacial score (nSPS) is 33.3. The summed E-state index contributed by atoms with van der Waals surface area (Å²) in [4.78, 5) is 16.1. The predicted octanol–water partition coefficient (Wildman–Crippen LogP) is 3.04. The van der Waals surface area contributed by atoms with E-state index in [-0.39, 0.29) is 17.1 Å². The Bertz CT molecular complexity index is 1040. The van der Waals surface area contributed by atoms with Crippen LogP contribution in [0, 0.1) is 11.3 Å². The largest absolute Gasteiger partial charge is 0.480 e. The molecule has 9 heteroatoms. The standard InChI is InChI=1S/C22H28ClN3O4S/c1-20(2)17(18(27)28)24-19(25-20)21-11-22(12-21,13-21)26(31(29,30)10-15-3-4-15)9-14-5-7-16(23)8-6-14/h5-8,15,17H,3-4,9-13H2,1-2H3,(H,24,25)(H,27,28)/t17-,21?,22?/m0/s1. The van der Waals surface area contributed by atoms with E-state index in [2.05, 4.69) is 10.3 Å². The first-order valence-electron chi connectivity index (χ1n) is 10.8. The second-order valence-electron chi connectivity index (χ2n) is 10.5. The number of aliphatic imine (C=N–C) groups is 1. The third kappa shape index (κ3) is 3.47. The summed E-state index contributed by atoms with van der Waals surface area (Å²) < 4.78 is 28.4. The molecule has 2 N–H and O–H groups in total. The fourth-order valence-electron chi connectivity index (χ4n) is 5.57. The molecule has 1 aromatic carbocycles. The highest BCUT2D eigenvalue weighted by molar-refractivity contribution is 7.89. The van der Waals surface area contributed by atoms with Crippen molar-refractivity contribution in [3.63, 3.8) is 0 Å². The summed E-state index contributed by atoms with van der Waals surface area (Å²) in [6.07, 6.45) is 4.03. The van der Waals surface area contributed by atoms with Crippen LogP contribution >= 0.6 is 11.6 Å². The molecule has 1 aliphatic heterocycles. The molecular formula is C22H28ClN3O4S. The van der Waals surface area contributed by atoms with Gasteiger partial charge in [0.25, 0.3) is 0 Å². The Morgan fingerprint density at radius 2 is 1.84 bits per heavy atom. The number of carbonyl (C=O) groups is 1. The molecule has 168 valence electrons. The van der Waals surface area contributed by atoms with Crippen molar-refractivity contribution < 1.29 is 18.3 Å². The van der Waals surface area contributed by atoms with Gasteiger partial charge in [-0.2, -0.15) is 4.31 Å². The van der Waals surface area contributed by atoms with E-state index in [4.69, 9.17) is 11.6 Å². The molecule has 1 heterocycles. The van der Waals surface area contributed by atoms with Gasteiger partial charge in [-0.3, -0.25) is 4.99 Å². The van der Waals surface area contributed by atoms with Crippen LogP contribution in [0.25, 0.3) is 0 Å². The number of aliphatic carboxylic acids is 1. The molecule has 1 aromatic rings. The summed E-state index contributed by atoms with van der Waals surface area (Å²) in [5.74, 6) is 0.280. The Balaban J connectivity index is 1.38. The lowest BCUT2D eigenvalue weighted by molar-refractivity contribution is -0.151. The quantitative estimate of drug-likeness (QED) is 0.614. The summed E-state index contributed by atoms with van der Waals surface area (Å²) in [7, 11) is -3.40. The number of halogens is 1. The van der Waals surface area contributed by atoms with E-state index in [1.54, 1.807) is 16.4 Å². The lowest BCUT2D eigenvalue weighted by Gasteiger charge is -2.73. The number of benzene rings is 1. The molecule has 0 saturated heterocycles. The molecule has 0 aromatic heterocycles. The Kier molecular flexibility index (Phi) is 4.57. The van der Waals surface area contributed by atoms with Crippen LogP contribution in [0.1, 0.15) is 51.5 Å². The van der Waals surface area contributed by atoms with E-state index in [1.807, 2.05) is 26.0 Å². The van der Waals surface area contributed by atoms with Crippen LogP contribution in [0.15, 0.2) is 29.3 Å². The Labute approximate surface area is 187 Å². The van der Waals surface area contributed by atoms with E-state index in [1.165, 1.54) is 0 Å². The number of rotatable bonds is 8. The Hall–Kier alpha value is -1.64. The third-order valence-corrected chi connectivity index (χ3v) is 9.70. The van der Waals surface area contributed by atoms with Crippen molar-refractivity contribution in [2.24, 2.45) is 16.3 Å². The summed E-state index contributed by atoms with van der Waals surface area (Å²) >= 11 is 6.01. The highest BCUT2D eigenvalue weighted by Gasteiger charge is 2.75. The molecule has 0 amide bonds. The number of carboxylic acids is 1. The molecule has 6 rings (SSSR count). The smallest absolute Gasteiger partial charge is 0.330 e. The molecule has 4 fully saturated rings. The van der Waals surface area contributed by atoms with Crippen LogP contribution in [0.5, 0.6) is 0 Å². The van der Waals surface area contributed by atoms with Crippen molar-refractivity contribution in [1.82, 2.24) is 9.62 Å². The van der Waals surface area contributed by atoms with Gasteiger partial charge in [0.15, 0.2) is 6.04 Å². The molecule has 31 heavy (non-hydrogen) atoms. The van der Waals surface area contributed by atoms with E-state index in [0.717, 1.165) is 24.2 Å².